The smallest absolute Gasteiger partial charge is 0.157 e. The summed E-state index contributed by atoms with van der Waals surface area (Å²) in [5, 5.41) is 0. The summed E-state index contributed by atoms with van der Waals surface area (Å²) in [4.78, 5) is 11.2. The summed E-state index contributed by atoms with van der Waals surface area (Å²) in [6.45, 7) is 2.66. The number of carbonyl (C=O) groups is 1. The van der Waals surface area contributed by atoms with Crippen molar-refractivity contribution in [3.05, 3.63) is 0 Å². The van der Waals surface area contributed by atoms with E-state index in [9.17, 15) is 4.79 Å². The van der Waals surface area contributed by atoms with Crippen LogP contribution >= 0.6 is 0 Å². The molecule has 1 saturated carbocycles. The minimum Gasteiger partial charge on any atom is -0.353 e. The van der Waals surface area contributed by atoms with Crippen LogP contribution in [0.25, 0.3) is 0 Å². The zero-order valence-corrected chi connectivity index (χ0v) is 7.99. The van der Waals surface area contributed by atoms with Crippen molar-refractivity contribution in [2.24, 2.45) is 5.92 Å². The fraction of sp³-hybridized carbons (Fsp3) is 0.900. The van der Waals surface area contributed by atoms with Gasteiger partial charge in [0.2, 0.25) is 0 Å². The van der Waals surface area contributed by atoms with Crippen LogP contribution in [0.5, 0.6) is 0 Å². The highest BCUT2D eigenvalue weighted by molar-refractivity contribution is 5.81. The van der Waals surface area contributed by atoms with Gasteiger partial charge in [-0.2, -0.15) is 0 Å². The lowest BCUT2D eigenvalue weighted by molar-refractivity contribution is -0.201. The zero-order chi connectivity index (χ0) is 9.26. The van der Waals surface area contributed by atoms with E-state index < -0.39 is 0 Å². The van der Waals surface area contributed by atoms with Crippen LogP contribution in [0.3, 0.4) is 0 Å². The monoisotopic (exact) mass is 184 g/mol. The van der Waals surface area contributed by atoms with Gasteiger partial charge in [-0.15, -0.1) is 0 Å². The Bertz CT molecular complexity index is 202. The molecule has 2 fully saturated rings. The van der Waals surface area contributed by atoms with Crippen LogP contribution in [0.15, 0.2) is 0 Å². The van der Waals surface area contributed by atoms with Gasteiger partial charge in [0.15, 0.2) is 6.29 Å². The van der Waals surface area contributed by atoms with E-state index in [2.05, 4.69) is 0 Å². The molecule has 0 radical (unpaired) electrons. The van der Waals surface area contributed by atoms with Gasteiger partial charge in [-0.25, -0.2) is 0 Å². The van der Waals surface area contributed by atoms with Crippen molar-refractivity contribution in [2.75, 3.05) is 6.61 Å². The summed E-state index contributed by atoms with van der Waals surface area (Å²) in [5.74, 6) is 0.830. The molecule has 13 heavy (non-hydrogen) atoms. The quantitative estimate of drug-likeness (QED) is 0.652. The molecule has 0 spiro atoms. The number of ether oxygens (including phenoxy) is 2. The van der Waals surface area contributed by atoms with Gasteiger partial charge in [0.05, 0.1) is 6.10 Å². The van der Waals surface area contributed by atoms with Crippen molar-refractivity contribution in [1.29, 1.82) is 0 Å². The Morgan fingerprint density at radius 3 is 3.08 bits per heavy atom. The van der Waals surface area contributed by atoms with Gasteiger partial charge in [0.1, 0.15) is 5.78 Å². The van der Waals surface area contributed by atoms with Crippen LogP contribution in [0.1, 0.15) is 32.6 Å². The zero-order valence-electron chi connectivity index (χ0n) is 7.99. The molecule has 3 nitrogen and oxygen atoms in total. The van der Waals surface area contributed by atoms with E-state index in [-0.39, 0.29) is 12.4 Å². The summed E-state index contributed by atoms with van der Waals surface area (Å²) >= 11 is 0. The third-order valence-corrected chi connectivity index (χ3v) is 2.90. The van der Waals surface area contributed by atoms with Gasteiger partial charge in [-0.3, -0.25) is 4.79 Å². The van der Waals surface area contributed by atoms with E-state index in [1.165, 1.54) is 0 Å². The fourth-order valence-electron chi connectivity index (χ4n) is 2.27. The topological polar surface area (TPSA) is 35.5 Å². The van der Waals surface area contributed by atoms with E-state index in [1.807, 2.05) is 6.92 Å². The molecule has 2 rings (SSSR count). The lowest BCUT2D eigenvalue weighted by Gasteiger charge is -2.31. The maximum Gasteiger partial charge on any atom is 0.157 e. The van der Waals surface area contributed by atoms with Crippen molar-refractivity contribution >= 4 is 5.78 Å². The van der Waals surface area contributed by atoms with Gasteiger partial charge in [0.25, 0.3) is 0 Å². The molecule has 0 amide bonds. The Morgan fingerprint density at radius 2 is 2.31 bits per heavy atom. The molecule has 3 unspecified atom stereocenters. The second kappa shape index (κ2) is 3.76. The second-order valence-electron chi connectivity index (χ2n) is 3.84. The van der Waals surface area contributed by atoms with E-state index in [1.54, 1.807) is 0 Å². The molecule has 0 aromatic rings. The third-order valence-electron chi connectivity index (χ3n) is 2.90. The van der Waals surface area contributed by atoms with Crippen molar-refractivity contribution < 1.29 is 14.3 Å². The number of rotatable bonds is 2. The van der Waals surface area contributed by atoms with E-state index in [4.69, 9.17) is 9.47 Å². The molecule has 0 bridgehead atoms. The largest absolute Gasteiger partial charge is 0.353 e. The maximum absolute atomic E-state index is 11.2. The molecule has 3 atom stereocenters. The van der Waals surface area contributed by atoms with E-state index in [0.717, 1.165) is 19.3 Å². The van der Waals surface area contributed by atoms with Gasteiger partial charge in [0, 0.05) is 19.4 Å². The van der Waals surface area contributed by atoms with E-state index >= 15 is 0 Å². The molecule has 3 heteroatoms. The molecular formula is C10H16O3. The van der Waals surface area contributed by atoms with Crippen molar-refractivity contribution in [2.45, 2.75) is 45.0 Å². The summed E-state index contributed by atoms with van der Waals surface area (Å²) in [6.07, 6.45) is 3.45. The Kier molecular flexibility index (Phi) is 2.65. The van der Waals surface area contributed by atoms with Crippen LogP contribution in [0.2, 0.25) is 0 Å². The Hall–Kier alpha value is -0.410. The van der Waals surface area contributed by atoms with Gasteiger partial charge >= 0.3 is 0 Å². The van der Waals surface area contributed by atoms with Gasteiger partial charge in [-0.1, -0.05) is 0 Å². The standard InChI is InChI=1S/C10H16O3/c1-2-12-10-4-3-7-5-8(11)6-9(7)13-10/h7,9-10H,2-6H2,1H3. The van der Waals surface area contributed by atoms with Gasteiger partial charge in [-0.05, 0) is 25.7 Å². The Morgan fingerprint density at radius 1 is 1.46 bits per heavy atom. The molecule has 0 aromatic heterocycles. The predicted octanol–water partition coefficient (Wildman–Crippen LogP) is 1.51. The molecule has 0 aromatic carbocycles. The normalized spacial score (nSPS) is 39.2. The SMILES string of the molecule is CCOC1CCC2CC(=O)CC2O1. The first-order chi connectivity index (χ1) is 6.29. The Balaban J connectivity index is 1.89. The average Bonchev–Trinajstić information content (AvgIpc) is 2.44. The summed E-state index contributed by atoms with van der Waals surface area (Å²) in [6, 6.07) is 0. The third kappa shape index (κ3) is 1.92. The molecule has 1 aliphatic carbocycles. The molecule has 2 aliphatic rings. The number of hydrogen-bond donors (Lipinski definition) is 0. The highest BCUT2D eigenvalue weighted by Gasteiger charge is 2.38. The van der Waals surface area contributed by atoms with Crippen LogP contribution in [0.4, 0.5) is 0 Å². The van der Waals surface area contributed by atoms with Crippen LogP contribution in [0, 0.1) is 5.92 Å². The number of ketones is 1. The number of hydrogen-bond acceptors (Lipinski definition) is 3. The molecular weight excluding hydrogens is 168 g/mol. The van der Waals surface area contributed by atoms with Gasteiger partial charge < -0.3 is 9.47 Å². The molecule has 1 heterocycles. The molecule has 0 N–H and O–H groups in total. The second-order valence-corrected chi connectivity index (χ2v) is 3.84. The molecule has 1 saturated heterocycles. The highest BCUT2D eigenvalue weighted by atomic mass is 16.7. The number of carbonyl (C=O) groups excluding carboxylic acids is 1. The molecule has 1 aliphatic heterocycles. The minimum absolute atomic E-state index is 0.0582. The number of fused-ring (bicyclic) bond motifs is 1. The molecule has 74 valence electrons. The first-order valence-electron chi connectivity index (χ1n) is 5.08. The first kappa shape index (κ1) is 9.16. The maximum atomic E-state index is 11.2. The predicted molar refractivity (Wildman–Crippen MR) is 47.3 cm³/mol. The summed E-state index contributed by atoms with van der Waals surface area (Å²) in [5.41, 5.74) is 0. The van der Waals surface area contributed by atoms with Crippen molar-refractivity contribution in [3.8, 4) is 0 Å². The fourth-order valence-corrected chi connectivity index (χ4v) is 2.27. The Labute approximate surface area is 78.4 Å². The van der Waals surface area contributed by atoms with Crippen LogP contribution in [-0.2, 0) is 14.3 Å². The highest BCUT2D eigenvalue weighted by Crippen LogP contribution is 2.35. The lowest BCUT2D eigenvalue weighted by Crippen LogP contribution is -2.33. The number of Topliss-reactive ketones (excluding diaryl/α,β-unsaturated/α-hetero) is 1. The minimum atomic E-state index is -0.0582. The summed E-state index contributed by atoms with van der Waals surface area (Å²) < 4.78 is 11.1. The van der Waals surface area contributed by atoms with Crippen molar-refractivity contribution in [1.82, 2.24) is 0 Å². The average molecular weight is 184 g/mol. The summed E-state index contributed by atoms with van der Waals surface area (Å²) in [7, 11) is 0. The lowest BCUT2D eigenvalue weighted by atomic mass is 9.97. The van der Waals surface area contributed by atoms with E-state index in [0.29, 0.717) is 24.7 Å². The van der Waals surface area contributed by atoms with Crippen LogP contribution in [-0.4, -0.2) is 24.8 Å². The first-order valence-corrected chi connectivity index (χ1v) is 5.08. The van der Waals surface area contributed by atoms with Crippen LogP contribution < -0.4 is 0 Å². The van der Waals surface area contributed by atoms with Crippen molar-refractivity contribution in [3.63, 3.8) is 0 Å².